The molecule has 23 heavy (non-hydrogen) atoms. The summed E-state index contributed by atoms with van der Waals surface area (Å²) < 4.78 is 10.3. The van der Waals surface area contributed by atoms with Gasteiger partial charge in [-0.1, -0.05) is 30.3 Å². The zero-order chi connectivity index (χ0) is 17.5. The molecule has 0 saturated heterocycles. The zero-order valence-electron chi connectivity index (χ0n) is 13.5. The van der Waals surface area contributed by atoms with Crippen molar-refractivity contribution in [2.45, 2.75) is 51.7 Å². The lowest BCUT2D eigenvalue weighted by Gasteiger charge is -2.25. The molecule has 0 bridgehead atoms. The summed E-state index contributed by atoms with van der Waals surface area (Å²) in [7, 11) is 0. The van der Waals surface area contributed by atoms with Crippen LogP contribution < -0.4 is 5.32 Å². The van der Waals surface area contributed by atoms with Gasteiger partial charge in [-0.3, -0.25) is 4.79 Å². The van der Waals surface area contributed by atoms with Gasteiger partial charge in [0.05, 0.1) is 19.1 Å². The number of nitrogens with one attached hydrogen (secondary N) is 1. The van der Waals surface area contributed by atoms with Gasteiger partial charge in [-0.15, -0.1) is 0 Å². The van der Waals surface area contributed by atoms with E-state index in [0.717, 1.165) is 5.56 Å². The summed E-state index contributed by atoms with van der Waals surface area (Å²) in [6.07, 6.45) is -2.78. The highest BCUT2D eigenvalue weighted by Gasteiger charge is 2.27. The average molecular weight is 325 g/mol. The molecule has 0 aliphatic rings. The maximum atomic E-state index is 11.7. The minimum Gasteiger partial charge on any atom is -0.481 e. The van der Waals surface area contributed by atoms with Crippen LogP contribution in [0.5, 0.6) is 0 Å². The fourth-order valence-corrected chi connectivity index (χ4v) is 1.74. The predicted octanol–water partition coefficient (Wildman–Crippen LogP) is 1.89. The lowest BCUT2D eigenvalue weighted by atomic mass is 10.2. The minimum absolute atomic E-state index is 0.0914. The first kappa shape index (κ1) is 18.9. The van der Waals surface area contributed by atoms with Crippen molar-refractivity contribution in [3.05, 3.63) is 35.9 Å². The maximum absolute atomic E-state index is 11.7. The van der Waals surface area contributed by atoms with Crippen molar-refractivity contribution in [3.8, 4) is 0 Å². The molecule has 1 unspecified atom stereocenters. The molecular weight excluding hydrogens is 302 g/mol. The Balaban J connectivity index is 2.61. The predicted molar refractivity (Wildman–Crippen MR) is 82.6 cm³/mol. The van der Waals surface area contributed by atoms with Gasteiger partial charge in [0.25, 0.3) is 0 Å². The van der Waals surface area contributed by atoms with E-state index in [1.807, 2.05) is 18.2 Å². The molecule has 1 rings (SSSR count). The Kier molecular flexibility index (Phi) is 6.99. The summed E-state index contributed by atoms with van der Waals surface area (Å²) in [5.74, 6) is -1.17. The van der Waals surface area contributed by atoms with Crippen LogP contribution in [0.15, 0.2) is 30.3 Å². The number of rotatable bonds is 7. The van der Waals surface area contributed by atoms with E-state index >= 15 is 0 Å². The fourth-order valence-electron chi connectivity index (χ4n) is 1.74. The Bertz CT molecular complexity index is 511. The highest BCUT2D eigenvalue weighted by molar-refractivity contribution is 5.71. The van der Waals surface area contributed by atoms with Crippen LogP contribution in [0.1, 0.15) is 32.8 Å². The molecule has 7 nitrogen and oxygen atoms in total. The molecule has 1 aromatic carbocycles. The van der Waals surface area contributed by atoms with E-state index in [1.165, 1.54) is 0 Å². The Labute approximate surface area is 135 Å². The Hall–Kier alpha value is -2.12. The molecule has 1 amide bonds. The third kappa shape index (κ3) is 8.18. The highest BCUT2D eigenvalue weighted by Crippen LogP contribution is 2.10. The van der Waals surface area contributed by atoms with Gasteiger partial charge in [-0.2, -0.15) is 0 Å². The van der Waals surface area contributed by atoms with Crippen LogP contribution in [-0.2, 0) is 20.9 Å². The van der Waals surface area contributed by atoms with Gasteiger partial charge in [0, 0.05) is 0 Å². The number of aliphatic carboxylic acids is 1. The molecule has 0 fully saturated rings. The second kappa shape index (κ2) is 8.50. The van der Waals surface area contributed by atoms with Gasteiger partial charge in [-0.25, -0.2) is 4.79 Å². The van der Waals surface area contributed by atoms with E-state index < -0.39 is 36.4 Å². The smallest absolute Gasteiger partial charge is 0.408 e. The summed E-state index contributed by atoms with van der Waals surface area (Å²) in [6.45, 7) is 5.14. The number of carbonyl (C=O) groups is 2. The monoisotopic (exact) mass is 325 g/mol. The summed E-state index contributed by atoms with van der Waals surface area (Å²) in [4.78, 5) is 22.6. The molecule has 3 N–H and O–H groups in total. The number of hydrogen-bond acceptors (Lipinski definition) is 5. The van der Waals surface area contributed by atoms with E-state index in [0.29, 0.717) is 0 Å². The number of alkyl carbamates (subject to hydrolysis) is 1. The lowest BCUT2D eigenvalue weighted by molar-refractivity contribution is -0.149. The molecule has 0 aliphatic heterocycles. The Morgan fingerprint density at radius 1 is 1.22 bits per heavy atom. The van der Waals surface area contributed by atoms with Crippen LogP contribution in [0.3, 0.4) is 0 Å². The molecule has 0 spiro atoms. The number of carbonyl (C=O) groups excluding carboxylic acids is 1. The molecule has 128 valence electrons. The van der Waals surface area contributed by atoms with Crippen molar-refractivity contribution in [2.75, 3.05) is 0 Å². The summed E-state index contributed by atoms with van der Waals surface area (Å²) in [5.41, 5.74) is 0.0890. The fraction of sp³-hybridized carbons (Fsp3) is 0.500. The van der Waals surface area contributed by atoms with Crippen molar-refractivity contribution >= 4 is 12.1 Å². The number of carboxylic acid groups (broad SMARTS) is 1. The summed E-state index contributed by atoms with van der Waals surface area (Å²) in [5, 5.41) is 21.2. The molecule has 0 saturated carbocycles. The molecular formula is C16H23NO6. The molecule has 1 aromatic rings. The van der Waals surface area contributed by atoms with Crippen LogP contribution in [-0.4, -0.2) is 40.2 Å². The number of hydrogen-bond donors (Lipinski definition) is 3. The second-order valence-electron chi connectivity index (χ2n) is 6.04. The van der Waals surface area contributed by atoms with Crippen molar-refractivity contribution in [2.24, 2.45) is 0 Å². The van der Waals surface area contributed by atoms with E-state index in [1.54, 1.807) is 32.9 Å². The Morgan fingerprint density at radius 2 is 1.83 bits per heavy atom. The van der Waals surface area contributed by atoms with Gasteiger partial charge in [0.1, 0.15) is 5.60 Å². The van der Waals surface area contributed by atoms with Crippen molar-refractivity contribution < 1.29 is 29.3 Å². The van der Waals surface area contributed by atoms with Crippen LogP contribution in [0.2, 0.25) is 0 Å². The van der Waals surface area contributed by atoms with E-state index in [9.17, 15) is 14.7 Å². The SMILES string of the molecule is CC(C)(C)OC(=O)N[C@@H](CC(=O)O)C(O)OCc1ccccc1. The van der Waals surface area contributed by atoms with E-state index in [4.69, 9.17) is 14.6 Å². The van der Waals surface area contributed by atoms with Crippen LogP contribution in [0.25, 0.3) is 0 Å². The highest BCUT2D eigenvalue weighted by atomic mass is 16.6. The minimum atomic E-state index is -1.47. The first-order valence-corrected chi connectivity index (χ1v) is 7.22. The van der Waals surface area contributed by atoms with Gasteiger partial charge >= 0.3 is 12.1 Å². The van der Waals surface area contributed by atoms with Crippen molar-refractivity contribution in [3.63, 3.8) is 0 Å². The molecule has 0 aliphatic carbocycles. The topological polar surface area (TPSA) is 105 Å². The molecule has 0 aromatic heterocycles. The molecule has 2 atom stereocenters. The van der Waals surface area contributed by atoms with Crippen LogP contribution >= 0.6 is 0 Å². The summed E-state index contributed by atoms with van der Waals surface area (Å²) >= 11 is 0. The number of aliphatic hydroxyl groups excluding tert-OH is 1. The average Bonchev–Trinajstić information content (AvgIpc) is 2.42. The van der Waals surface area contributed by atoms with Crippen LogP contribution in [0, 0.1) is 0 Å². The summed E-state index contributed by atoms with van der Waals surface area (Å²) in [6, 6.07) is 7.97. The van der Waals surface area contributed by atoms with E-state index in [2.05, 4.69) is 5.32 Å². The zero-order valence-corrected chi connectivity index (χ0v) is 13.5. The lowest BCUT2D eigenvalue weighted by Crippen LogP contribution is -2.47. The number of carboxylic acids is 1. The van der Waals surface area contributed by atoms with Crippen LogP contribution in [0.4, 0.5) is 4.79 Å². The molecule has 0 heterocycles. The number of aliphatic hydroxyl groups is 1. The van der Waals surface area contributed by atoms with Crippen molar-refractivity contribution in [1.29, 1.82) is 0 Å². The largest absolute Gasteiger partial charge is 0.481 e. The number of benzene rings is 1. The first-order valence-electron chi connectivity index (χ1n) is 7.22. The van der Waals surface area contributed by atoms with Gasteiger partial charge in [0.15, 0.2) is 6.29 Å². The second-order valence-corrected chi connectivity index (χ2v) is 6.04. The van der Waals surface area contributed by atoms with Gasteiger partial charge in [-0.05, 0) is 26.3 Å². The third-order valence-electron chi connectivity index (χ3n) is 2.70. The first-order chi connectivity index (χ1) is 10.7. The van der Waals surface area contributed by atoms with E-state index in [-0.39, 0.29) is 6.61 Å². The quantitative estimate of drug-likeness (QED) is 0.661. The third-order valence-corrected chi connectivity index (χ3v) is 2.70. The number of ether oxygens (including phenoxy) is 2. The molecule has 7 heteroatoms. The normalized spacial score (nSPS) is 13.9. The molecule has 0 radical (unpaired) electrons. The van der Waals surface area contributed by atoms with Gasteiger partial charge in [0.2, 0.25) is 0 Å². The number of amides is 1. The van der Waals surface area contributed by atoms with Gasteiger partial charge < -0.3 is 25.0 Å². The Morgan fingerprint density at radius 3 is 2.35 bits per heavy atom. The van der Waals surface area contributed by atoms with Crippen molar-refractivity contribution in [1.82, 2.24) is 5.32 Å². The standard InChI is InChI=1S/C16H23NO6/c1-16(2,3)23-15(21)17-12(9-13(18)19)14(20)22-10-11-7-5-4-6-8-11/h4-8,12,14,20H,9-10H2,1-3H3,(H,17,21)(H,18,19)/t12-,14?/m0/s1. The maximum Gasteiger partial charge on any atom is 0.408 e.